The van der Waals surface area contributed by atoms with Gasteiger partial charge in [0.15, 0.2) is 0 Å². The second-order valence-corrected chi connectivity index (χ2v) is 7.98. The number of aromatic nitrogens is 1. The van der Waals surface area contributed by atoms with Crippen molar-refractivity contribution in [1.82, 2.24) is 10.3 Å². The van der Waals surface area contributed by atoms with Crippen LogP contribution in [0, 0.1) is 0 Å². The number of carbonyl (C=O) groups excluding carboxylic acids is 2. The van der Waals surface area contributed by atoms with Gasteiger partial charge in [0.2, 0.25) is 5.91 Å². The number of hydrogen-bond donors (Lipinski definition) is 2. The molecule has 0 atom stereocenters. The average molecular weight is 503 g/mol. The van der Waals surface area contributed by atoms with Crippen LogP contribution in [0.1, 0.15) is 28.8 Å². The fourth-order valence-corrected chi connectivity index (χ4v) is 3.52. The highest BCUT2D eigenvalue weighted by atomic mass is 79.9. The highest BCUT2D eigenvalue weighted by molar-refractivity contribution is 9.10. The molecule has 0 fully saturated rings. The minimum atomic E-state index is -0.224. The largest absolute Gasteiger partial charge is 0.492 e. The van der Waals surface area contributed by atoms with E-state index in [0.29, 0.717) is 41.5 Å². The number of rotatable bonds is 9. The van der Waals surface area contributed by atoms with E-state index in [1.54, 1.807) is 30.5 Å². The first-order valence-electron chi connectivity index (χ1n) is 9.67. The molecule has 3 aromatic rings. The van der Waals surface area contributed by atoms with E-state index in [1.807, 2.05) is 30.3 Å². The molecule has 160 valence electrons. The second-order valence-electron chi connectivity index (χ2n) is 6.66. The molecule has 0 aliphatic rings. The molecule has 0 bridgehead atoms. The quantitative estimate of drug-likeness (QED) is 0.393. The number of nitrogens with zero attached hydrogens (tertiary/aromatic N) is 1. The Morgan fingerprint density at radius 3 is 2.71 bits per heavy atom. The maximum absolute atomic E-state index is 12.4. The Morgan fingerprint density at radius 1 is 1.10 bits per heavy atom. The smallest absolute Gasteiger partial charge is 0.253 e. The summed E-state index contributed by atoms with van der Waals surface area (Å²) in [5, 5.41) is 6.26. The zero-order valence-electron chi connectivity index (χ0n) is 16.6. The van der Waals surface area contributed by atoms with Crippen LogP contribution in [-0.4, -0.2) is 23.4 Å². The van der Waals surface area contributed by atoms with Crippen LogP contribution in [0.4, 0.5) is 5.69 Å². The lowest BCUT2D eigenvalue weighted by atomic mass is 10.1. The van der Waals surface area contributed by atoms with Crippen molar-refractivity contribution in [2.75, 3.05) is 11.9 Å². The predicted molar refractivity (Wildman–Crippen MR) is 124 cm³/mol. The molecule has 0 aliphatic carbocycles. The highest BCUT2D eigenvalue weighted by Crippen LogP contribution is 2.27. The van der Waals surface area contributed by atoms with Crippen LogP contribution >= 0.6 is 27.5 Å². The van der Waals surface area contributed by atoms with Gasteiger partial charge in [-0.25, -0.2) is 0 Å². The normalized spacial score (nSPS) is 10.4. The number of para-hydroxylation sites is 1. The molecule has 3 rings (SSSR count). The molecule has 0 saturated carbocycles. The molecule has 0 aliphatic heterocycles. The molecule has 1 heterocycles. The van der Waals surface area contributed by atoms with Crippen LogP contribution in [0.3, 0.4) is 0 Å². The molecule has 0 radical (unpaired) electrons. The number of ether oxygens (including phenoxy) is 1. The van der Waals surface area contributed by atoms with E-state index in [-0.39, 0.29) is 18.4 Å². The Balaban J connectivity index is 1.47. The third-order valence-electron chi connectivity index (χ3n) is 4.35. The van der Waals surface area contributed by atoms with Gasteiger partial charge in [-0.15, -0.1) is 0 Å². The lowest BCUT2D eigenvalue weighted by Crippen LogP contribution is -2.24. The lowest BCUT2D eigenvalue weighted by molar-refractivity contribution is -0.116. The Kier molecular flexibility index (Phi) is 8.44. The van der Waals surface area contributed by atoms with Crippen molar-refractivity contribution in [3.8, 4) is 5.75 Å². The van der Waals surface area contributed by atoms with E-state index in [4.69, 9.17) is 16.3 Å². The molecule has 2 amide bonds. The summed E-state index contributed by atoms with van der Waals surface area (Å²) in [5.41, 5.74) is 1.96. The molecular formula is C23H21BrClN3O3. The third kappa shape index (κ3) is 7.08. The van der Waals surface area contributed by atoms with Gasteiger partial charge in [-0.3, -0.25) is 14.6 Å². The van der Waals surface area contributed by atoms with E-state index in [0.717, 1.165) is 10.0 Å². The molecule has 1 aromatic heterocycles. The van der Waals surface area contributed by atoms with Gasteiger partial charge >= 0.3 is 0 Å². The highest BCUT2D eigenvalue weighted by Gasteiger charge is 2.10. The second kappa shape index (κ2) is 11.5. The van der Waals surface area contributed by atoms with Crippen LogP contribution in [0.5, 0.6) is 5.75 Å². The number of pyridine rings is 1. The van der Waals surface area contributed by atoms with Crippen LogP contribution in [0.15, 0.2) is 71.5 Å². The van der Waals surface area contributed by atoms with Gasteiger partial charge in [0.25, 0.3) is 5.91 Å². The van der Waals surface area contributed by atoms with Crippen LogP contribution in [0.25, 0.3) is 0 Å². The fourth-order valence-electron chi connectivity index (χ4n) is 2.79. The number of amides is 2. The van der Waals surface area contributed by atoms with Gasteiger partial charge < -0.3 is 15.4 Å². The van der Waals surface area contributed by atoms with Crippen molar-refractivity contribution in [3.63, 3.8) is 0 Å². The first kappa shape index (κ1) is 22.8. The zero-order valence-corrected chi connectivity index (χ0v) is 18.9. The van der Waals surface area contributed by atoms with Crippen LogP contribution < -0.4 is 15.4 Å². The number of benzene rings is 2. The molecule has 8 heteroatoms. The topological polar surface area (TPSA) is 80.3 Å². The molecule has 2 N–H and O–H groups in total. The molecule has 0 saturated heterocycles. The molecule has 31 heavy (non-hydrogen) atoms. The van der Waals surface area contributed by atoms with Crippen molar-refractivity contribution < 1.29 is 14.3 Å². The van der Waals surface area contributed by atoms with Gasteiger partial charge in [0, 0.05) is 35.5 Å². The summed E-state index contributed by atoms with van der Waals surface area (Å²) in [6.07, 6.45) is 3.95. The number of anilines is 1. The number of nitrogens with one attached hydrogen (secondary N) is 2. The molecule has 0 spiro atoms. The zero-order chi connectivity index (χ0) is 22.1. The summed E-state index contributed by atoms with van der Waals surface area (Å²) in [7, 11) is 0. The van der Waals surface area contributed by atoms with Gasteiger partial charge in [-0.2, -0.15) is 0 Å². The standard InChI is InChI=1S/C23H21BrClN3O3/c24-18-9-10-21(19(25)13-18)31-12-4-8-22(29)28-20-7-2-1-5-16(20)15-27-23(30)17-6-3-11-26-14-17/h1-3,5-7,9-11,13-14H,4,8,12,15H2,(H,27,30)(H,28,29). The Hall–Kier alpha value is -2.90. The average Bonchev–Trinajstić information content (AvgIpc) is 2.77. The van der Waals surface area contributed by atoms with Gasteiger partial charge in [-0.05, 0) is 48.4 Å². The SMILES string of the molecule is O=C(CCCOc1ccc(Br)cc1Cl)Nc1ccccc1CNC(=O)c1cccnc1. The maximum Gasteiger partial charge on any atom is 0.253 e. The Labute approximate surface area is 194 Å². The van der Waals surface area contributed by atoms with E-state index >= 15 is 0 Å². The first-order chi connectivity index (χ1) is 15.0. The number of hydrogen-bond acceptors (Lipinski definition) is 4. The minimum absolute atomic E-state index is 0.128. The van der Waals surface area contributed by atoms with Crippen molar-refractivity contribution in [3.05, 3.63) is 87.6 Å². The van der Waals surface area contributed by atoms with Crippen molar-refractivity contribution >= 4 is 45.0 Å². The van der Waals surface area contributed by atoms with E-state index in [1.165, 1.54) is 6.20 Å². The summed E-state index contributed by atoms with van der Waals surface area (Å²) >= 11 is 9.47. The maximum atomic E-state index is 12.4. The first-order valence-corrected chi connectivity index (χ1v) is 10.8. The predicted octanol–water partition coefficient (Wildman–Crippen LogP) is 5.23. The Bertz CT molecular complexity index is 1050. The monoisotopic (exact) mass is 501 g/mol. The number of carbonyl (C=O) groups is 2. The summed E-state index contributed by atoms with van der Waals surface area (Å²) in [5.74, 6) is 0.231. The van der Waals surface area contributed by atoms with Gasteiger partial charge in [0.1, 0.15) is 5.75 Å². The summed E-state index contributed by atoms with van der Waals surface area (Å²) in [4.78, 5) is 28.5. The van der Waals surface area contributed by atoms with Gasteiger partial charge in [-0.1, -0.05) is 45.7 Å². The van der Waals surface area contributed by atoms with Crippen LogP contribution in [-0.2, 0) is 11.3 Å². The molecule has 6 nitrogen and oxygen atoms in total. The lowest BCUT2D eigenvalue weighted by Gasteiger charge is -2.12. The van der Waals surface area contributed by atoms with Crippen molar-refractivity contribution in [1.29, 1.82) is 0 Å². The minimum Gasteiger partial charge on any atom is -0.492 e. The molecule has 2 aromatic carbocycles. The fraction of sp³-hybridized carbons (Fsp3) is 0.174. The van der Waals surface area contributed by atoms with E-state index in [9.17, 15) is 9.59 Å². The summed E-state index contributed by atoms with van der Waals surface area (Å²) in [6.45, 7) is 0.660. The molecular weight excluding hydrogens is 482 g/mol. The number of halogens is 2. The summed E-state index contributed by atoms with van der Waals surface area (Å²) < 4.78 is 6.51. The van der Waals surface area contributed by atoms with Crippen LogP contribution in [0.2, 0.25) is 5.02 Å². The van der Waals surface area contributed by atoms with E-state index < -0.39 is 0 Å². The third-order valence-corrected chi connectivity index (χ3v) is 5.14. The molecule has 0 unspecified atom stereocenters. The van der Waals surface area contributed by atoms with Crippen molar-refractivity contribution in [2.45, 2.75) is 19.4 Å². The van der Waals surface area contributed by atoms with Gasteiger partial charge in [0.05, 0.1) is 17.2 Å². The van der Waals surface area contributed by atoms with Crippen molar-refractivity contribution in [2.24, 2.45) is 0 Å². The van der Waals surface area contributed by atoms with E-state index in [2.05, 4.69) is 31.5 Å². The summed E-state index contributed by atoms with van der Waals surface area (Å²) in [6, 6.07) is 16.1. The Morgan fingerprint density at radius 2 is 1.94 bits per heavy atom.